The van der Waals surface area contributed by atoms with E-state index in [0.717, 1.165) is 5.56 Å². The Bertz CT molecular complexity index is 1100. The number of methoxy groups -OCH3 is 1. The first kappa shape index (κ1) is 19.2. The van der Waals surface area contributed by atoms with E-state index in [1.54, 1.807) is 49.6 Å². The lowest BCUT2D eigenvalue weighted by Crippen LogP contribution is -2.01. The van der Waals surface area contributed by atoms with Crippen LogP contribution in [0, 0.1) is 0 Å². The van der Waals surface area contributed by atoms with Crippen molar-refractivity contribution in [2.45, 2.75) is 6.61 Å². The van der Waals surface area contributed by atoms with Crippen molar-refractivity contribution in [3.05, 3.63) is 99.0 Å². The van der Waals surface area contributed by atoms with Crippen molar-refractivity contribution in [2.75, 3.05) is 7.11 Å². The lowest BCUT2D eigenvalue weighted by molar-refractivity contribution is 0.0990. The maximum atomic E-state index is 12.6. The van der Waals surface area contributed by atoms with Crippen LogP contribution in [0.25, 0.3) is 6.08 Å². The third kappa shape index (κ3) is 3.74. The molecule has 0 N–H and O–H groups in total. The Kier molecular flexibility index (Phi) is 5.32. The molecular weight excluding hydrogens is 432 g/mol. The van der Waals surface area contributed by atoms with Gasteiger partial charge in [-0.2, -0.15) is 0 Å². The Labute approximate surface area is 176 Å². The summed E-state index contributed by atoms with van der Waals surface area (Å²) in [6, 6.07) is 20.2. The predicted octanol–water partition coefficient (Wildman–Crippen LogP) is 5.50. The first-order valence-electron chi connectivity index (χ1n) is 9.03. The molecule has 29 heavy (non-hydrogen) atoms. The molecule has 4 nitrogen and oxygen atoms in total. The molecule has 0 atom stereocenters. The molecule has 5 heteroatoms. The van der Waals surface area contributed by atoms with E-state index in [1.807, 2.05) is 30.3 Å². The third-order valence-electron chi connectivity index (χ3n) is 4.73. The zero-order valence-electron chi connectivity index (χ0n) is 15.6. The number of fused-ring (bicyclic) bond motifs is 1. The van der Waals surface area contributed by atoms with Crippen LogP contribution in [0.15, 0.2) is 76.8 Å². The van der Waals surface area contributed by atoms with Crippen LogP contribution >= 0.6 is 15.9 Å². The van der Waals surface area contributed by atoms with E-state index in [2.05, 4.69) is 15.9 Å². The van der Waals surface area contributed by atoms with Gasteiger partial charge >= 0.3 is 0 Å². The van der Waals surface area contributed by atoms with E-state index in [-0.39, 0.29) is 17.1 Å². The quantitative estimate of drug-likeness (QED) is 0.381. The van der Waals surface area contributed by atoms with Gasteiger partial charge in [0, 0.05) is 15.6 Å². The average Bonchev–Trinajstić information content (AvgIpc) is 2.99. The molecule has 4 rings (SSSR count). The highest BCUT2D eigenvalue weighted by Gasteiger charge is 2.32. The fraction of sp³-hybridized carbons (Fsp3) is 0.0833. The molecule has 0 spiro atoms. The molecule has 0 fully saturated rings. The molecule has 144 valence electrons. The second-order valence-corrected chi connectivity index (χ2v) is 7.42. The SMILES string of the molecule is COc1cc(C=C2C(=O)c3ccccc3C2=O)c(Br)cc1OCc1ccccc1. The second kappa shape index (κ2) is 8.05. The number of Topliss-reactive ketones (excluding diaryl/α,β-unsaturated/α-hetero) is 2. The molecule has 0 saturated heterocycles. The highest BCUT2D eigenvalue weighted by Crippen LogP contribution is 2.36. The first-order chi connectivity index (χ1) is 14.1. The number of carbonyl (C=O) groups is 2. The number of ketones is 2. The van der Waals surface area contributed by atoms with Gasteiger partial charge in [-0.1, -0.05) is 70.5 Å². The summed E-state index contributed by atoms with van der Waals surface area (Å²) in [5.41, 5.74) is 2.73. The van der Waals surface area contributed by atoms with Crippen LogP contribution in [0.3, 0.4) is 0 Å². The molecule has 0 heterocycles. The smallest absolute Gasteiger partial charge is 0.197 e. The van der Waals surface area contributed by atoms with E-state index in [9.17, 15) is 9.59 Å². The van der Waals surface area contributed by atoms with Crippen LogP contribution in [-0.2, 0) is 6.61 Å². The molecule has 0 aliphatic heterocycles. The van der Waals surface area contributed by atoms with Gasteiger partial charge in [0.15, 0.2) is 23.1 Å². The molecular formula is C24H17BrO4. The van der Waals surface area contributed by atoms with Gasteiger partial charge in [-0.05, 0) is 29.3 Å². The average molecular weight is 449 g/mol. The Morgan fingerprint density at radius 1 is 0.862 bits per heavy atom. The summed E-state index contributed by atoms with van der Waals surface area (Å²) in [6.45, 7) is 0.399. The van der Waals surface area contributed by atoms with Crippen molar-refractivity contribution in [2.24, 2.45) is 0 Å². The van der Waals surface area contributed by atoms with Crippen LogP contribution < -0.4 is 9.47 Å². The van der Waals surface area contributed by atoms with Crippen LogP contribution in [0.2, 0.25) is 0 Å². The van der Waals surface area contributed by atoms with Gasteiger partial charge in [0.1, 0.15) is 6.61 Å². The minimum Gasteiger partial charge on any atom is -0.493 e. The number of halogens is 1. The third-order valence-corrected chi connectivity index (χ3v) is 5.41. The van der Waals surface area contributed by atoms with Crippen LogP contribution in [0.1, 0.15) is 31.8 Å². The van der Waals surface area contributed by atoms with Gasteiger partial charge in [0.2, 0.25) is 0 Å². The van der Waals surface area contributed by atoms with E-state index < -0.39 is 0 Å². The van der Waals surface area contributed by atoms with E-state index in [4.69, 9.17) is 9.47 Å². The molecule has 0 radical (unpaired) electrons. The van der Waals surface area contributed by atoms with Gasteiger partial charge in [-0.3, -0.25) is 9.59 Å². The first-order valence-corrected chi connectivity index (χ1v) is 9.82. The van der Waals surface area contributed by atoms with Crippen LogP contribution in [-0.4, -0.2) is 18.7 Å². The minimum absolute atomic E-state index is 0.145. The summed E-state index contributed by atoms with van der Waals surface area (Å²) in [5, 5.41) is 0. The number of rotatable bonds is 5. The zero-order chi connectivity index (χ0) is 20.4. The van der Waals surface area contributed by atoms with Crippen molar-refractivity contribution < 1.29 is 19.1 Å². The highest BCUT2D eigenvalue weighted by molar-refractivity contribution is 9.10. The number of allylic oxidation sites excluding steroid dienone is 1. The Hall–Kier alpha value is -3.18. The van der Waals surface area contributed by atoms with Crippen molar-refractivity contribution in [1.82, 2.24) is 0 Å². The molecule has 0 aromatic heterocycles. The van der Waals surface area contributed by atoms with Gasteiger partial charge in [-0.25, -0.2) is 0 Å². The Morgan fingerprint density at radius 2 is 1.48 bits per heavy atom. The molecule has 3 aromatic rings. The van der Waals surface area contributed by atoms with Crippen LogP contribution in [0.5, 0.6) is 11.5 Å². The molecule has 0 saturated carbocycles. The summed E-state index contributed by atoms with van der Waals surface area (Å²) in [6.07, 6.45) is 1.60. The predicted molar refractivity (Wildman–Crippen MR) is 115 cm³/mol. The molecule has 0 bridgehead atoms. The van der Waals surface area contributed by atoms with E-state index >= 15 is 0 Å². The lowest BCUT2D eigenvalue weighted by Gasteiger charge is -2.13. The maximum Gasteiger partial charge on any atom is 0.197 e. The normalized spacial score (nSPS) is 12.7. The monoisotopic (exact) mass is 448 g/mol. The minimum atomic E-state index is -0.263. The number of hydrogen-bond acceptors (Lipinski definition) is 4. The summed E-state index contributed by atoms with van der Waals surface area (Å²) in [5.74, 6) is 0.561. The Balaban J connectivity index is 1.65. The van der Waals surface area contributed by atoms with Gasteiger partial charge in [0.25, 0.3) is 0 Å². The molecule has 1 aliphatic carbocycles. The van der Waals surface area contributed by atoms with Gasteiger partial charge in [-0.15, -0.1) is 0 Å². The summed E-state index contributed by atoms with van der Waals surface area (Å²) >= 11 is 3.52. The topological polar surface area (TPSA) is 52.6 Å². The summed E-state index contributed by atoms with van der Waals surface area (Å²) in [4.78, 5) is 25.3. The van der Waals surface area contributed by atoms with Gasteiger partial charge < -0.3 is 9.47 Å². The molecule has 3 aromatic carbocycles. The number of hydrogen-bond donors (Lipinski definition) is 0. The number of carbonyl (C=O) groups excluding carboxylic acids is 2. The summed E-state index contributed by atoms with van der Waals surface area (Å²) in [7, 11) is 1.55. The number of benzene rings is 3. The fourth-order valence-electron chi connectivity index (χ4n) is 3.23. The largest absolute Gasteiger partial charge is 0.493 e. The van der Waals surface area contributed by atoms with E-state index in [1.165, 1.54) is 0 Å². The van der Waals surface area contributed by atoms with Crippen molar-refractivity contribution in [3.63, 3.8) is 0 Å². The van der Waals surface area contributed by atoms with Crippen molar-refractivity contribution in [3.8, 4) is 11.5 Å². The van der Waals surface area contributed by atoms with E-state index in [0.29, 0.717) is 39.3 Å². The van der Waals surface area contributed by atoms with Crippen molar-refractivity contribution >= 4 is 33.6 Å². The second-order valence-electron chi connectivity index (χ2n) is 6.56. The Morgan fingerprint density at radius 3 is 2.10 bits per heavy atom. The molecule has 0 amide bonds. The van der Waals surface area contributed by atoms with Gasteiger partial charge in [0.05, 0.1) is 12.7 Å². The maximum absolute atomic E-state index is 12.6. The molecule has 1 aliphatic rings. The van der Waals surface area contributed by atoms with Crippen molar-refractivity contribution in [1.29, 1.82) is 0 Å². The zero-order valence-corrected chi connectivity index (χ0v) is 17.2. The standard InChI is InChI=1S/C24H17BrO4/c1-28-21-12-16(11-19-23(26)17-9-5-6-10-18(17)24(19)27)20(25)13-22(21)29-14-15-7-3-2-4-8-15/h2-13H,14H2,1H3. The summed E-state index contributed by atoms with van der Waals surface area (Å²) < 4.78 is 12.1. The highest BCUT2D eigenvalue weighted by atomic mass is 79.9. The number of ether oxygens (including phenoxy) is 2. The van der Waals surface area contributed by atoms with Crippen LogP contribution in [0.4, 0.5) is 0 Å². The lowest BCUT2D eigenvalue weighted by atomic mass is 10.1. The molecule has 0 unspecified atom stereocenters. The fourth-order valence-corrected chi connectivity index (χ4v) is 3.66.